The van der Waals surface area contributed by atoms with E-state index in [4.69, 9.17) is 4.55 Å². The Bertz CT molecular complexity index is 378. The van der Waals surface area contributed by atoms with Crippen molar-refractivity contribution < 1.29 is 13.0 Å². The fourth-order valence-corrected chi connectivity index (χ4v) is 3.49. The highest BCUT2D eigenvalue weighted by molar-refractivity contribution is 7.86. The smallest absolute Gasteiger partial charge is 0.269 e. The van der Waals surface area contributed by atoms with Gasteiger partial charge in [-0.2, -0.15) is 8.42 Å². The Morgan fingerprint density at radius 3 is 1.95 bits per heavy atom. The third-order valence-electron chi connectivity index (χ3n) is 4.62. The van der Waals surface area contributed by atoms with Crippen molar-refractivity contribution in [3.8, 4) is 0 Å². The third-order valence-corrected chi connectivity index (χ3v) is 5.97. The summed E-state index contributed by atoms with van der Waals surface area (Å²) in [6, 6.07) is 0.156. The van der Waals surface area contributed by atoms with Crippen LogP contribution in [0.15, 0.2) is 0 Å². The van der Waals surface area contributed by atoms with E-state index in [2.05, 4.69) is 26.1 Å². The van der Waals surface area contributed by atoms with E-state index in [1.807, 2.05) is 6.92 Å². The van der Waals surface area contributed by atoms with Gasteiger partial charge in [0.25, 0.3) is 10.1 Å². The Balaban J connectivity index is 2.46. The van der Waals surface area contributed by atoms with Crippen LogP contribution in [-0.2, 0) is 10.1 Å². The number of nitrogens with one attached hydrogen (secondary N) is 1. The van der Waals surface area contributed by atoms with Crippen molar-refractivity contribution in [2.24, 2.45) is 11.3 Å². The molecule has 114 valence electrons. The van der Waals surface area contributed by atoms with Crippen molar-refractivity contribution in [1.29, 1.82) is 0 Å². The Kier molecular flexibility index (Phi) is 5.43. The van der Waals surface area contributed by atoms with Crippen molar-refractivity contribution in [3.05, 3.63) is 0 Å². The lowest BCUT2D eigenvalue weighted by molar-refractivity contribution is 0.156. The zero-order chi connectivity index (χ0) is 14.8. The van der Waals surface area contributed by atoms with E-state index in [9.17, 15) is 8.42 Å². The predicted octanol–water partition coefficient (Wildman–Crippen LogP) is 2.85. The minimum absolute atomic E-state index is 0.216. The molecule has 4 nitrogen and oxygen atoms in total. The van der Waals surface area contributed by atoms with Crippen LogP contribution < -0.4 is 5.32 Å². The first kappa shape index (κ1) is 16.9. The molecular formula is C14H29NO3S. The maximum absolute atomic E-state index is 11.1. The summed E-state index contributed by atoms with van der Waals surface area (Å²) in [5, 5.41) is 2.60. The van der Waals surface area contributed by atoms with Crippen LogP contribution in [0.25, 0.3) is 0 Å². The highest BCUT2D eigenvalue weighted by atomic mass is 32.2. The molecule has 0 aromatic carbocycles. The molecule has 1 saturated carbocycles. The summed E-state index contributed by atoms with van der Waals surface area (Å²) in [6.45, 7) is 10.2. The van der Waals surface area contributed by atoms with Gasteiger partial charge in [0.1, 0.15) is 0 Å². The monoisotopic (exact) mass is 291 g/mol. The van der Waals surface area contributed by atoms with Crippen molar-refractivity contribution in [1.82, 2.24) is 5.32 Å². The Morgan fingerprint density at radius 2 is 1.58 bits per heavy atom. The maximum atomic E-state index is 11.1. The first-order valence-electron chi connectivity index (χ1n) is 7.24. The molecule has 0 aromatic rings. The van der Waals surface area contributed by atoms with Crippen LogP contribution in [0.5, 0.6) is 0 Å². The fraction of sp³-hybridized carbons (Fsp3) is 1.00. The molecule has 2 unspecified atom stereocenters. The summed E-state index contributed by atoms with van der Waals surface area (Å²) in [7, 11) is -3.95. The average Bonchev–Trinajstić information content (AvgIpc) is 2.26. The van der Waals surface area contributed by atoms with Crippen LogP contribution in [0.3, 0.4) is 0 Å². The Labute approximate surface area is 118 Å². The summed E-state index contributed by atoms with van der Waals surface area (Å²) < 4.78 is 31.3. The van der Waals surface area contributed by atoms with Crippen LogP contribution in [0, 0.1) is 11.3 Å². The molecule has 0 heterocycles. The number of hydrogen-bond donors (Lipinski definition) is 2. The van der Waals surface area contributed by atoms with Crippen LogP contribution in [0.1, 0.15) is 60.3 Å². The predicted molar refractivity (Wildman–Crippen MR) is 78.8 cm³/mol. The minimum atomic E-state index is -3.95. The second kappa shape index (κ2) is 6.10. The fourth-order valence-electron chi connectivity index (χ4n) is 2.89. The van der Waals surface area contributed by atoms with Gasteiger partial charge in [0.2, 0.25) is 0 Å². The third kappa shape index (κ3) is 5.04. The van der Waals surface area contributed by atoms with Gasteiger partial charge in [-0.25, -0.2) is 0 Å². The van der Waals surface area contributed by atoms with Crippen LogP contribution in [0.2, 0.25) is 0 Å². The van der Waals surface area contributed by atoms with E-state index in [0.717, 1.165) is 18.8 Å². The molecule has 0 saturated heterocycles. The maximum Gasteiger partial charge on any atom is 0.269 e. The molecule has 2 atom stereocenters. The van der Waals surface area contributed by atoms with E-state index in [1.54, 1.807) is 6.92 Å². The van der Waals surface area contributed by atoms with Gasteiger partial charge in [-0.1, -0.05) is 20.8 Å². The molecule has 0 amide bonds. The molecule has 2 N–H and O–H groups in total. The number of rotatable bonds is 4. The van der Waals surface area contributed by atoms with Crippen molar-refractivity contribution in [2.45, 2.75) is 77.6 Å². The van der Waals surface area contributed by atoms with E-state index in [1.165, 1.54) is 12.8 Å². The van der Waals surface area contributed by atoms with Crippen LogP contribution in [0.4, 0.5) is 0 Å². The van der Waals surface area contributed by atoms with Gasteiger partial charge in [-0.05, 0) is 50.9 Å². The van der Waals surface area contributed by atoms with Gasteiger partial charge in [-0.15, -0.1) is 0 Å². The molecule has 1 fully saturated rings. The molecule has 19 heavy (non-hydrogen) atoms. The van der Waals surface area contributed by atoms with Crippen LogP contribution in [-0.4, -0.2) is 30.3 Å². The molecule has 0 aromatic heterocycles. The summed E-state index contributed by atoms with van der Waals surface area (Å²) in [5.74, 6) is 0.750. The van der Waals surface area contributed by atoms with Gasteiger partial charge in [0.15, 0.2) is 0 Å². The largest absolute Gasteiger partial charge is 0.310 e. The van der Waals surface area contributed by atoms with Gasteiger partial charge >= 0.3 is 0 Å². The van der Waals surface area contributed by atoms with E-state index in [-0.39, 0.29) is 6.04 Å². The van der Waals surface area contributed by atoms with Gasteiger partial charge in [0, 0.05) is 12.1 Å². The lowest BCUT2D eigenvalue weighted by atomic mass is 9.71. The van der Waals surface area contributed by atoms with E-state index < -0.39 is 15.4 Å². The van der Waals surface area contributed by atoms with E-state index in [0.29, 0.717) is 11.5 Å². The zero-order valence-corrected chi connectivity index (χ0v) is 13.6. The molecule has 1 rings (SSSR count). The summed E-state index contributed by atoms with van der Waals surface area (Å²) in [6.07, 6.45) is 4.55. The minimum Gasteiger partial charge on any atom is -0.310 e. The molecule has 0 spiro atoms. The van der Waals surface area contributed by atoms with E-state index >= 15 is 0 Å². The van der Waals surface area contributed by atoms with Crippen molar-refractivity contribution in [3.63, 3.8) is 0 Å². The van der Waals surface area contributed by atoms with Gasteiger partial charge in [-0.3, -0.25) is 4.55 Å². The van der Waals surface area contributed by atoms with Gasteiger partial charge < -0.3 is 5.32 Å². The second-order valence-electron chi connectivity index (χ2n) is 7.09. The summed E-state index contributed by atoms with van der Waals surface area (Å²) in [5.41, 5.74) is 0.359. The Hall–Kier alpha value is -0.130. The summed E-state index contributed by atoms with van der Waals surface area (Å²) >= 11 is 0. The molecule has 0 bridgehead atoms. The molecule has 1 aliphatic carbocycles. The highest BCUT2D eigenvalue weighted by Gasteiger charge is 2.32. The topological polar surface area (TPSA) is 66.4 Å². The number of hydrogen-bond acceptors (Lipinski definition) is 3. The molecule has 1 aliphatic rings. The van der Waals surface area contributed by atoms with Gasteiger partial charge in [0.05, 0.1) is 5.25 Å². The molecule has 5 heteroatoms. The SMILES string of the molecule is CC(NC1CCC(C(C)(C)C)CC1)C(C)S(=O)(=O)O. The van der Waals surface area contributed by atoms with Crippen LogP contribution >= 0.6 is 0 Å². The first-order valence-corrected chi connectivity index (χ1v) is 8.74. The van der Waals surface area contributed by atoms with Crippen molar-refractivity contribution in [2.75, 3.05) is 0 Å². The lowest BCUT2D eigenvalue weighted by Crippen LogP contribution is -2.47. The average molecular weight is 291 g/mol. The zero-order valence-electron chi connectivity index (χ0n) is 12.8. The second-order valence-corrected chi connectivity index (χ2v) is 8.86. The Morgan fingerprint density at radius 1 is 1.11 bits per heavy atom. The molecule has 0 radical (unpaired) electrons. The quantitative estimate of drug-likeness (QED) is 0.782. The first-order chi connectivity index (χ1) is 8.51. The standard InChI is InChI=1S/C14H29NO3S/c1-10(11(2)19(16,17)18)15-13-8-6-12(7-9-13)14(3,4)5/h10-13,15H,6-9H2,1-5H3,(H,16,17,18). The highest BCUT2D eigenvalue weighted by Crippen LogP contribution is 2.37. The molecular weight excluding hydrogens is 262 g/mol. The lowest BCUT2D eigenvalue weighted by Gasteiger charge is -2.38. The normalized spacial score (nSPS) is 28.9. The summed E-state index contributed by atoms with van der Waals surface area (Å²) in [4.78, 5) is 0. The molecule has 0 aliphatic heterocycles. The van der Waals surface area contributed by atoms with Crippen molar-refractivity contribution >= 4 is 10.1 Å².